The van der Waals surface area contributed by atoms with Gasteiger partial charge in [0.2, 0.25) is 0 Å². The molecule has 1 fully saturated rings. The lowest BCUT2D eigenvalue weighted by Crippen LogP contribution is -2.53. The monoisotopic (exact) mass is 295 g/mol. The first-order valence-corrected chi connectivity index (χ1v) is 7.68. The zero-order valence-corrected chi connectivity index (χ0v) is 12.6. The lowest BCUT2D eigenvalue weighted by Gasteiger charge is -2.34. The van der Waals surface area contributed by atoms with Gasteiger partial charge >= 0.3 is 0 Å². The fourth-order valence-corrected chi connectivity index (χ4v) is 2.66. The first kappa shape index (κ1) is 14.8. The number of carbonyl (C=O) groups is 1. The van der Waals surface area contributed by atoms with Crippen LogP contribution in [0.4, 0.5) is 0 Å². The second-order valence-corrected chi connectivity index (χ2v) is 5.56. The highest BCUT2D eigenvalue weighted by Gasteiger charge is 2.18. The number of nitrogens with zero attached hydrogens (tertiary/aromatic N) is 2. The summed E-state index contributed by atoms with van der Waals surface area (Å²) >= 11 is 0. The summed E-state index contributed by atoms with van der Waals surface area (Å²) in [5.41, 5.74) is 5.03. The third-order valence-electron chi connectivity index (χ3n) is 3.92. The van der Waals surface area contributed by atoms with Gasteiger partial charge in [0.05, 0.1) is 0 Å². The molecule has 4 nitrogen and oxygen atoms in total. The first-order valence-electron chi connectivity index (χ1n) is 7.68. The molecule has 0 unspecified atom stereocenters. The molecule has 0 radical (unpaired) electrons. The molecule has 3 rings (SSSR count). The van der Waals surface area contributed by atoms with Crippen LogP contribution in [0.5, 0.6) is 0 Å². The van der Waals surface area contributed by atoms with Crippen molar-refractivity contribution in [1.29, 1.82) is 0 Å². The third-order valence-corrected chi connectivity index (χ3v) is 3.92. The van der Waals surface area contributed by atoms with Crippen LogP contribution in [0.1, 0.15) is 15.9 Å². The number of hydrogen-bond acceptors (Lipinski definition) is 3. The highest BCUT2D eigenvalue weighted by atomic mass is 16.2. The molecule has 0 saturated carbocycles. The lowest BCUT2D eigenvalue weighted by molar-refractivity contribution is 0.0604. The van der Waals surface area contributed by atoms with Crippen LogP contribution in [0.25, 0.3) is 0 Å². The molecule has 1 aliphatic heterocycles. The van der Waals surface area contributed by atoms with Crippen molar-refractivity contribution in [3.8, 4) is 0 Å². The zero-order valence-electron chi connectivity index (χ0n) is 12.6. The highest BCUT2D eigenvalue weighted by molar-refractivity contribution is 5.93. The first-order chi connectivity index (χ1) is 10.8. The number of hydrazine groups is 1. The molecular weight excluding hydrogens is 274 g/mol. The number of piperazine rings is 1. The molecule has 1 N–H and O–H groups in total. The number of benzene rings is 2. The summed E-state index contributed by atoms with van der Waals surface area (Å²) in [5.74, 6) is -0.0305. The molecule has 0 spiro atoms. The predicted octanol–water partition coefficient (Wildman–Crippen LogP) is 2.15. The van der Waals surface area contributed by atoms with Gasteiger partial charge in [-0.15, -0.1) is 0 Å². The Bertz CT molecular complexity index is 592. The van der Waals surface area contributed by atoms with E-state index >= 15 is 0 Å². The van der Waals surface area contributed by atoms with E-state index in [2.05, 4.69) is 34.6 Å². The van der Waals surface area contributed by atoms with Gasteiger partial charge in [0, 0.05) is 38.3 Å². The Hall–Kier alpha value is -2.17. The summed E-state index contributed by atoms with van der Waals surface area (Å²) in [4.78, 5) is 14.5. The maximum atomic E-state index is 12.1. The molecule has 0 aromatic heterocycles. The molecule has 0 aliphatic carbocycles. The van der Waals surface area contributed by atoms with Crippen molar-refractivity contribution in [2.24, 2.45) is 0 Å². The fraction of sp³-hybridized carbons (Fsp3) is 0.278. The van der Waals surface area contributed by atoms with Crippen LogP contribution in [0.3, 0.4) is 0 Å². The van der Waals surface area contributed by atoms with Crippen LogP contribution in [0.15, 0.2) is 60.7 Å². The fourth-order valence-electron chi connectivity index (χ4n) is 2.66. The second kappa shape index (κ2) is 7.20. The van der Waals surface area contributed by atoms with Crippen molar-refractivity contribution in [2.75, 3.05) is 26.2 Å². The van der Waals surface area contributed by atoms with Crippen LogP contribution < -0.4 is 5.43 Å². The second-order valence-electron chi connectivity index (χ2n) is 5.56. The number of rotatable bonds is 4. The Morgan fingerprint density at radius 1 is 0.864 bits per heavy atom. The summed E-state index contributed by atoms with van der Waals surface area (Å²) in [6.07, 6.45) is 0. The Kier molecular flexibility index (Phi) is 4.83. The number of hydrogen-bond donors (Lipinski definition) is 1. The average Bonchev–Trinajstić information content (AvgIpc) is 2.58. The van der Waals surface area contributed by atoms with Crippen molar-refractivity contribution in [2.45, 2.75) is 6.54 Å². The van der Waals surface area contributed by atoms with E-state index in [9.17, 15) is 4.79 Å². The number of carbonyl (C=O) groups excluding carboxylic acids is 1. The maximum Gasteiger partial charge on any atom is 0.265 e. The summed E-state index contributed by atoms with van der Waals surface area (Å²) < 4.78 is 0. The topological polar surface area (TPSA) is 35.6 Å². The predicted molar refractivity (Wildman–Crippen MR) is 87.2 cm³/mol. The Morgan fingerprint density at radius 3 is 2.09 bits per heavy atom. The van der Waals surface area contributed by atoms with E-state index in [4.69, 9.17) is 0 Å². The molecule has 2 aromatic carbocycles. The van der Waals surface area contributed by atoms with Gasteiger partial charge in [-0.1, -0.05) is 48.5 Å². The van der Waals surface area contributed by atoms with Gasteiger partial charge in [-0.25, -0.2) is 5.01 Å². The summed E-state index contributed by atoms with van der Waals surface area (Å²) in [6, 6.07) is 19.9. The summed E-state index contributed by atoms with van der Waals surface area (Å²) in [7, 11) is 0. The van der Waals surface area contributed by atoms with Crippen LogP contribution >= 0.6 is 0 Å². The number of nitrogens with one attached hydrogen (secondary N) is 1. The lowest BCUT2D eigenvalue weighted by atomic mass is 10.2. The van der Waals surface area contributed by atoms with Gasteiger partial charge in [-0.05, 0) is 17.7 Å². The standard InChI is InChI=1S/C18H21N3O/c22-18(17-9-5-2-6-10-17)19-21-13-11-20(12-14-21)15-16-7-3-1-4-8-16/h1-10H,11-15H2,(H,19,22). The van der Waals surface area contributed by atoms with E-state index in [0.29, 0.717) is 5.56 Å². The van der Waals surface area contributed by atoms with Gasteiger partial charge < -0.3 is 0 Å². The Balaban J connectivity index is 1.47. The molecule has 1 heterocycles. The minimum absolute atomic E-state index is 0.0305. The van der Waals surface area contributed by atoms with E-state index in [1.807, 2.05) is 41.4 Å². The minimum Gasteiger partial charge on any atom is -0.296 e. The van der Waals surface area contributed by atoms with E-state index in [1.54, 1.807) is 0 Å². The molecule has 1 aliphatic rings. The van der Waals surface area contributed by atoms with Crippen LogP contribution in [-0.2, 0) is 6.54 Å². The van der Waals surface area contributed by atoms with Crippen LogP contribution in [-0.4, -0.2) is 42.0 Å². The quantitative estimate of drug-likeness (QED) is 0.939. The Labute approximate surface area is 131 Å². The molecule has 4 heteroatoms. The highest BCUT2D eigenvalue weighted by Crippen LogP contribution is 2.08. The summed E-state index contributed by atoms with van der Waals surface area (Å²) in [5, 5.41) is 2.01. The van der Waals surface area contributed by atoms with Crippen molar-refractivity contribution in [1.82, 2.24) is 15.3 Å². The molecule has 2 aromatic rings. The average molecular weight is 295 g/mol. The van der Waals surface area contributed by atoms with E-state index in [1.165, 1.54) is 5.56 Å². The van der Waals surface area contributed by atoms with E-state index in [-0.39, 0.29) is 5.91 Å². The van der Waals surface area contributed by atoms with Gasteiger partial charge in [0.25, 0.3) is 5.91 Å². The van der Waals surface area contributed by atoms with Gasteiger partial charge in [-0.2, -0.15) is 0 Å². The molecule has 114 valence electrons. The summed E-state index contributed by atoms with van der Waals surface area (Å²) in [6.45, 7) is 4.60. The smallest absolute Gasteiger partial charge is 0.265 e. The zero-order chi connectivity index (χ0) is 15.2. The normalized spacial score (nSPS) is 16.4. The molecule has 1 amide bonds. The maximum absolute atomic E-state index is 12.1. The largest absolute Gasteiger partial charge is 0.296 e. The van der Waals surface area contributed by atoms with Gasteiger partial charge in [0.15, 0.2) is 0 Å². The number of amides is 1. The molecular formula is C18H21N3O. The molecule has 22 heavy (non-hydrogen) atoms. The van der Waals surface area contributed by atoms with Crippen molar-refractivity contribution in [3.63, 3.8) is 0 Å². The molecule has 1 saturated heterocycles. The van der Waals surface area contributed by atoms with Crippen molar-refractivity contribution >= 4 is 5.91 Å². The van der Waals surface area contributed by atoms with Crippen LogP contribution in [0.2, 0.25) is 0 Å². The van der Waals surface area contributed by atoms with Crippen LogP contribution in [0, 0.1) is 0 Å². The molecule has 0 atom stereocenters. The SMILES string of the molecule is O=C(NN1CCN(Cc2ccccc2)CC1)c1ccccc1. The van der Waals surface area contributed by atoms with E-state index in [0.717, 1.165) is 32.7 Å². The molecule has 0 bridgehead atoms. The third kappa shape index (κ3) is 3.93. The van der Waals surface area contributed by atoms with Gasteiger partial charge in [-0.3, -0.25) is 15.1 Å². The van der Waals surface area contributed by atoms with Crippen molar-refractivity contribution in [3.05, 3.63) is 71.8 Å². The van der Waals surface area contributed by atoms with Crippen molar-refractivity contribution < 1.29 is 4.79 Å². The minimum atomic E-state index is -0.0305. The van der Waals surface area contributed by atoms with Gasteiger partial charge in [0.1, 0.15) is 0 Å². The van der Waals surface area contributed by atoms with E-state index < -0.39 is 0 Å². The Morgan fingerprint density at radius 2 is 1.45 bits per heavy atom.